The predicted molar refractivity (Wildman–Crippen MR) is 183 cm³/mol. The predicted octanol–water partition coefficient (Wildman–Crippen LogP) is 8.72. The van der Waals surface area contributed by atoms with E-state index in [1.54, 1.807) is 12.3 Å². The molecule has 0 atom stereocenters. The quantitative estimate of drug-likeness (QED) is 0.113. The molecular weight excluding hydrogens is 635 g/mol. The Morgan fingerprint density at radius 1 is 0.854 bits per heavy atom. The van der Waals surface area contributed by atoms with E-state index in [-0.39, 0.29) is 29.8 Å². The second kappa shape index (κ2) is 16.9. The molecule has 0 saturated carbocycles. The molecule has 0 unspecified atom stereocenters. The smallest absolute Gasteiger partial charge is 0.417 e. The number of nitrogens with one attached hydrogen (secondary N) is 1. The van der Waals surface area contributed by atoms with Crippen LogP contribution in [0.15, 0.2) is 128 Å². The Labute approximate surface area is 284 Å². The standard InChI is InChI=1S/C39H37ClF3N3O2/c40-38-32(17-10-20-36(38)39(41,42)43)27-46(28-35(30-13-3-1-4-14-30)31-15-5-2-6-16-31)22-11-23-48-34-19-9-12-29(24-34)25-37(47)45-26-33-18-7-8-21-44-33/h1-10,12-21,24,35H,11,22-23,25-28H2,(H,45,47). The average molecular weight is 672 g/mol. The van der Waals surface area contributed by atoms with Gasteiger partial charge < -0.3 is 10.1 Å². The van der Waals surface area contributed by atoms with Crippen LogP contribution in [0.4, 0.5) is 13.2 Å². The molecule has 9 heteroatoms. The molecule has 1 heterocycles. The first-order valence-corrected chi connectivity index (χ1v) is 16.2. The van der Waals surface area contributed by atoms with Crippen molar-refractivity contribution >= 4 is 17.5 Å². The van der Waals surface area contributed by atoms with Gasteiger partial charge in [0.2, 0.25) is 5.91 Å². The van der Waals surface area contributed by atoms with E-state index in [9.17, 15) is 18.0 Å². The van der Waals surface area contributed by atoms with Gasteiger partial charge >= 0.3 is 6.18 Å². The van der Waals surface area contributed by atoms with Gasteiger partial charge in [-0.3, -0.25) is 14.7 Å². The first kappa shape index (κ1) is 34.7. The minimum atomic E-state index is -4.54. The maximum atomic E-state index is 13.7. The van der Waals surface area contributed by atoms with Crippen molar-refractivity contribution in [3.8, 4) is 5.75 Å². The molecule has 248 valence electrons. The van der Waals surface area contributed by atoms with Crippen LogP contribution in [0.2, 0.25) is 5.02 Å². The van der Waals surface area contributed by atoms with Crippen LogP contribution in [0.5, 0.6) is 5.75 Å². The Morgan fingerprint density at radius 2 is 1.54 bits per heavy atom. The third kappa shape index (κ3) is 10.2. The zero-order valence-electron chi connectivity index (χ0n) is 26.4. The molecule has 0 aliphatic rings. The van der Waals surface area contributed by atoms with E-state index in [4.69, 9.17) is 16.3 Å². The third-order valence-electron chi connectivity index (χ3n) is 7.97. The van der Waals surface area contributed by atoms with Gasteiger partial charge in [-0.15, -0.1) is 0 Å². The Balaban J connectivity index is 1.26. The molecule has 0 fully saturated rings. The van der Waals surface area contributed by atoms with Gasteiger partial charge in [0.1, 0.15) is 5.75 Å². The number of alkyl halides is 3. The topological polar surface area (TPSA) is 54.5 Å². The summed E-state index contributed by atoms with van der Waals surface area (Å²) in [6, 6.07) is 37.2. The second-order valence-corrected chi connectivity index (χ2v) is 11.9. The van der Waals surface area contributed by atoms with Crippen molar-refractivity contribution in [1.82, 2.24) is 15.2 Å². The number of carbonyl (C=O) groups excluding carboxylic acids is 1. The number of amides is 1. The molecule has 0 aliphatic heterocycles. The van der Waals surface area contributed by atoms with Crippen LogP contribution in [-0.4, -0.2) is 35.5 Å². The van der Waals surface area contributed by atoms with Crippen LogP contribution in [0.25, 0.3) is 0 Å². The summed E-state index contributed by atoms with van der Waals surface area (Å²) in [4.78, 5) is 18.9. The second-order valence-electron chi connectivity index (χ2n) is 11.5. The van der Waals surface area contributed by atoms with E-state index in [1.165, 1.54) is 6.07 Å². The summed E-state index contributed by atoms with van der Waals surface area (Å²) in [6.07, 6.45) is -2.04. The normalized spacial score (nSPS) is 11.5. The molecule has 1 amide bonds. The van der Waals surface area contributed by atoms with Gasteiger partial charge in [-0.2, -0.15) is 13.2 Å². The van der Waals surface area contributed by atoms with Crippen LogP contribution < -0.4 is 10.1 Å². The van der Waals surface area contributed by atoms with Crippen molar-refractivity contribution in [2.24, 2.45) is 0 Å². The molecule has 1 aromatic heterocycles. The highest BCUT2D eigenvalue weighted by atomic mass is 35.5. The maximum absolute atomic E-state index is 13.7. The fourth-order valence-corrected chi connectivity index (χ4v) is 5.88. The lowest BCUT2D eigenvalue weighted by atomic mass is 9.90. The number of ether oxygens (including phenoxy) is 1. The molecule has 0 radical (unpaired) electrons. The highest BCUT2D eigenvalue weighted by molar-refractivity contribution is 6.32. The summed E-state index contributed by atoms with van der Waals surface area (Å²) < 4.78 is 47.2. The third-order valence-corrected chi connectivity index (χ3v) is 8.41. The molecule has 0 aliphatic carbocycles. The number of pyridine rings is 1. The van der Waals surface area contributed by atoms with Gasteiger partial charge in [0.05, 0.1) is 35.9 Å². The fourth-order valence-electron chi connectivity index (χ4n) is 5.59. The zero-order valence-corrected chi connectivity index (χ0v) is 27.1. The summed E-state index contributed by atoms with van der Waals surface area (Å²) >= 11 is 6.35. The van der Waals surface area contributed by atoms with Crippen LogP contribution in [-0.2, 0) is 30.5 Å². The highest BCUT2D eigenvalue weighted by Gasteiger charge is 2.34. The molecule has 0 bridgehead atoms. The lowest BCUT2D eigenvalue weighted by Crippen LogP contribution is -2.31. The Kier molecular flexibility index (Phi) is 12.2. The molecule has 4 aromatic carbocycles. The molecule has 0 spiro atoms. The monoisotopic (exact) mass is 671 g/mol. The summed E-state index contributed by atoms with van der Waals surface area (Å²) in [5, 5.41) is 2.61. The number of hydrogen-bond acceptors (Lipinski definition) is 4. The number of aromatic nitrogens is 1. The van der Waals surface area contributed by atoms with Crippen molar-refractivity contribution in [3.63, 3.8) is 0 Å². The average Bonchev–Trinajstić information content (AvgIpc) is 3.09. The van der Waals surface area contributed by atoms with Gasteiger partial charge in [-0.05, 0) is 59.0 Å². The lowest BCUT2D eigenvalue weighted by Gasteiger charge is -2.29. The Bertz CT molecular complexity index is 1700. The van der Waals surface area contributed by atoms with Gasteiger partial charge in [-0.25, -0.2) is 0 Å². The number of benzene rings is 4. The Hall–Kier alpha value is -4.66. The van der Waals surface area contributed by atoms with Crippen molar-refractivity contribution in [3.05, 3.63) is 166 Å². The molecule has 5 aromatic rings. The van der Waals surface area contributed by atoms with E-state index >= 15 is 0 Å². The van der Waals surface area contributed by atoms with Gasteiger partial charge in [0.15, 0.2) is 0 Å². The molecule has 48 heavy (non-hydrogen) atoms. The van der Waals surface area contributed by atoms with Crippen LogP contribution >= 0.6 is 11.6 Å². The molecule has 0 saturated heterocycles. The number of rotatable bonds is 15. The first-order chi connectivity index (χ1) is 23.3. The molecule has 5 rings (SSSR count). The summed E-state index contributed by atoms with van der Waals surface area (Å²) in [6.45, 7) is 2.08. The molecule has 5 nitrogen and oxygen atoms in total. The number of nitrogens with zero attached hydrogens (tertiary/aromatic N) is 2. The zero-order chi connectivity index (χ0) is 33.8. The van der Waals surface area contributed by atoms with E-state index in [0.29, 0.717) is 44.0 Å². The van der Waals surface area contributed by atoms with Crippen LogP contribution in [0, 0.1) is 0 Å². The highest BCUT2D eigenvalue weighted by Crippen LogP contribution is 2.37. The van der Waals surface area contributed by atoms with E-state index in [0.717, 1.165) is 28.5 Å². The van der Waals surface area contributed by atoms with Crippen molar-refractivity contribution in [1.29, 1.82) is 0 Å². The van der Waals surface area contributed by atoms with Gasteiger partial charge in [0.25, 0.3) is 0 Å². The van der Waals surface area contributed by atoms with E-state index in [1.807, 2.05) is 78.9 Å². The summed E-state index contributed by atoms with van der Waals surface area (Å²) in [5.74, 6) is 0.510. The van der Waals surface area contributed by atoms with Gasteiger partial charge in [0, 0.05) is 31.7 Å². The fraction of sp³-hybridized carbons (Fsp3) is 0.231. The van der Waals surface area contributed by atoms with Crippen LogP contribution in [0.1, 0.15) is 45.8 Å². The maximum Gasteiger partial charge on any atom is 0.417 e. The largest absolute Gasteiger partial charge is 0.494 e. The SMILES string of the molecule is O=C(Cc1cccc(OCCCN(Cc2cccc(C(F)(F)F)c2Cl)CC(c2ccccc2)c2ccccc2)c1)NCc1ccccn1. The van der Waals surface area contributed by atoms with E-state index in [2.05, 4.69) is 39.5 Å². The molecular formula is C39H37ClF3N3O2. The minimum absolute atomic E-state index is 0.0154. The number of halogens is 4. The molecule has 1 N–H and O–H groups in total. The first-order valence-electron chi connectivity index (χ1n) is 15.8. The van der Waals surface area contributed by atoms with Crippen molar-refractivity contribution in [2.75, 3.05) is 19.7 Å². The Morgan fingerprint density at radius 3 is 2.21 bits per heavy atom. The van der Waals surface area contributed by atoms with Crippen molar-refractivity contribution in [2.45, 2.75) is 38.0 Å². The number of hydrogen-bond donors (Lipinski definition) is 1. The summed E-state index contributed by atoms with van der Waals surface area (Å²) in [5.41, 5.74) is 3.41. The van der Waals surface area contributed by atoms with Crippen LogP contribution in [0.3, 0.4) is 0 Å². The lowest BCUT2D eigenvalue weighted by molar-refractivity contribution is -0.137. The summed E-state index contributed by atoms with van der Waals surface area (Å²) in [7, 11) is 0. The van der Waals surface area contributed by atoms with Gasteiger partial charge in [-0.1, -0.05) is 103 Å². The minimum Gasteiger partial charge on any atom is -0.494 e. The number of carbonyl (C=O) groups is 1. The van der Waals surface area contributed by atoms with E-state index < -0.39 is 11.7 Å². The van der Waals surface area contributed by atoms with Crippen molar-refractivity contribution < 1.29 is 22.7 Å².